The van der Waals surface area contributed by atoms with E-state index >= 15 is 0 Å². The molecule has 1 fully saturated rings. The summed E-state index contributed by atoms with van der Waals surface area (Å²) in [5, 5.41) is 17.3. The first-order valence-corrected chi connectivity index (χ1v) is 12.2. The summed E-state index contributed by atoms with van der Waals surface area (Å²) in [6, 6.07) is 9.26. The number of nitrogens with zero attached hydrogens (tertiary/aromatic N) is 4. The number of ether oxygens (including phenoxy) is 2. The summed E-state index contributed by atoms with van der Waals surface area (Å²) in [7, 11) is 0. The summed E-state index contributed by atoms with van der Waals surface area (Å²) in [5.74, 6) is 1.67. The fraction of sp³-hybridized carbons (Fsp3) is 0.538. The van der Waals surface area contributed by atoms with E-state index in [2.05, 4.69) is 44.8 Å². The van der Waals surface area contributed by atoms with Gasteiger partial charge in [-0.05, 0) is 66.8 Å². The van der Waals surface area contributed by atoms with Crippen LogP contribution in [0.4, 0.5) is 0 Å². The van der Waals surface area contributed by atoms with Crippen molar-refractivity contribution < 1.29 is 15.7 Å². The molecule has 0 atom stereocenters. The highest BCUT2D eigenvalue weighted by Crippen LogP contribution is 2.32. The number of rotatable bonds is 10. The second-order valence-corrected chi connectivity index (χ2v) is 10.2. The van der Waals surface area contributed by atoms with E-state index in [0.717, 1.165) is 24.2 Å². The lowest BCUT2D eigenvalue weighted by Gasteiger charge is -2.21. The zero-order chi connectivity index (χ0) is 24.5. The van der Waals surface area contributed by atoms with E-state index in [4.69, 9.17) is 14.9 Å². The highest BCUT2D eigenvalue weighted by atomic mass is 16.5. The molecule has 8 nitrogen and oxygen atoms in total. The van der Waals surface area contributed by atoms with Crippen LogP contribution in [0.2, 0.25) is 0 Å². The molecule has 184 valence electrons. The Bertz CT molecular complexity index is 1240. The summed E-state index contributed by atoms with van der Waals surface area (Å²) < 4.78 is 14.7. The smallest absolute Gasteiger partial charge is 0.242 e. The van der Waals surface area contributed by atoms with Gasteiger partial charge in [0.1, 0.15) is 12.3 Å². The fourth-order valence-electron chi connectivity index (χ4n) is 3.71. The molecule has 2 heterocycles. The van der Waals surface area contributed by atoms with Crippen LogP contribution in [0, 0.1) is 11.3 Å². The first kappa shape index (κ1) is 24.0. The molecule has 3 aromatic rings. The number of fused-ring (bicyclic) bond motifs is 1. The minimum Gasteiger partial charge on any atom is -0.493 e. The average Bonchev–Trinajstić information content (AvgIpc) is 3.59. The van der Waals surface area contributed by atoms with Gasteiger partial charge in [-0.15, -0.1) is 10.2 Å². The fourth-order valence-corrected chi connectivity index (χ4v) is 3.71. The SMILES string of the molecule is CCC(CC)Oc1ccc2nn(CC(=O)c3cc(OCC4CC4)cc(C(C)(C)C)c3)c(=N)n2n1.[HH]. The number of Topliss-reactive ketones (excluding diaryl/α,β-unsaturated/α-hetero) is 1. The number of hydrogen-bond donors (Lipinski definition) is 1. The quantitative estimate of drug-likeness (QED) is 0.433. The Morgan fingerprint density at radius 3 is 2.56 bits per heavy atom. The first-order chi connectivity index (χ1) is 16.2. The molecule has 8 heteroatoms. The van der Waals surface area contributed by atoms with Gasteiger partial charge in [0.05, 0.1) is 12.7 Å². The Balaban J connectivity index is 0.00000342. The van der Waals surface area contributed by atoms with Crippen molar-refractivity contribution in [1.29, 1.82) is 5.41 Å². The van der Waals surface area contributed by atoms with Crippen LogP contribution < -0.4 is 15.1 Å². The zero-order valence-corrected chi connectivity index (χ0v) is 20.8. The lowest BCUT2D eigenvalue weighted by molar-refractivity contribution is 0.0965. The van der Waals surface area contributed by atoms with E-state index in [0.29, 0.717) is 29.6 Å². The third kappa shape index (κ3) is 5.48. The number of hydrogen-bond acceptors (Lipinski definition) is 6. The van der Waals surface area contributed by atoms with Gasteiger partial charge in [-0.1, -0.05) is 34.6 Å². The Labute approximate surface area is 201 Å². The molecule has 4 rings (SSSR count). The van der Waals surface area contributed by atoms with Gasteiger partial charge in [-0.3, -0.25) is 10.2 Å². The highest BCUT2D eigenvalue weighted by Gasteiger charge is 2.23. The van der Waals surface area contributed by atoms with Gasteiger partial charge in [-0.25, -0.2) is 4.68 Å². The molecule has 2 aromatic heterocycles. The topological polar surface area (TPSA) is 94.5 Å². The van der Waals surface area contributed by atoms with Crippen LogP contribution >= 0.6 is 0 Å². The van der Waals surface area contributed by atoms with Crippen LogP contribution in [0.5, 0.6) is 11.6 Å². The molecule has 1 saturated carbocycles. The molecular weight excluding hydrogens is 430 g/mol. The largest absolute Gasteiger partial charge is 0.493 e. The normalized spacial score (nSPS) is 14.1. The van der Waals surface area contributed by atoms with Crippen molar-refractivity contribution in [3.05, 3.63) is 47.1 Å². The van der Waals surface area contributed by atoms with Crippen LogP contribution in [0.25, 0.3) is 5.65 Å². The van der Waals surface area contributed by atoms with Gasteiger partial charge in [-0.2, -0.15) is 4.52 Å². The molecular formula is C26H37N5O3. The number of aromatic nitrogens is 4. The maximum atomic E-state index is 13.3. The van der Waals surface area contributed by atoms with Crippen LogP contribution in [0.1, 0.15) is 77.7 Å². The maximum Gasteiger partial charge on any atom is 0.242 e. The number of carbonyl (C=O) groups excluding carboxylic acids is 1. The second kappa shape index (κ2) is 9.60. The third-order valence-corrected chi connectivity index (χ3v) is 6.23. The van der Waals surface area contributed by atoms with Crippen molar-refractivity contribution >= 4 is 11.4 Å². The molecule has 0 radical (unpaired) electrons. The molecule has 1 aliphatic rings. The van der Waals surface area contributed by atoms with E-state index in [1.54, 1.807) is 18.2 Å². The first-order valence-electron chi connectivity index (χ1n) is 12.2. The van der Waals surface area contributed by atoms with Gasteiger partial charge in [0.2, 0.25) is 11.5 Å². The zero-order valence-electron chi connectivity index (χ0n) is 20.8. The molecule has 1 N–H and O–H groups in total. The van der Waals surface area contributed by atoms with Crippen molar-refractivity contribution in [3.63, 3.8) is 0 Å². The van der Waals surface area contributed by atoms with Crippen molar-refractivity contribution in [2.75, 3.05) is 6.61 Å². The Morgan fingerprint density at radius 1 is 1.18 bits per heavy atom. The van der Waals surface area contributed by atoms with E-state index in [9.17, 15) is 4.79 Å². The average molecular weight is 468 g/mol. The predicted molar refractivity (Wildman–Crippen MR) is 132 cm³/mol. The van der Waals surface area contributed by atoms with Crippen LogP contribution in [0.15, 0.2) is 30.3 Å². The van der Waals surface area contributed by atoms with Crippen LogP contribution in [-0.2, 0) is 12.0 Å². The van der Waals surface area contributed by atoms with E-state index in [1.807, 2.05) is 12.1 Å². The molecule has 0 unspecified atom stereocenters. The Morgan fingerprint density at radius 2 is 1.91 bits per heavy atom. The molecule has 1 aliphatic carbocycles. The minimum absolute atomic E-state index is 0. The lowest BCUT2D eigenvalue weighted by Crippen LogP contribution is -2.27. The maximum absolute atomic E-state index is 13.3. The lowest BCUT2D eigenvalue weighted by atomic mass is 9.85. The number of benzene rings is 1. The molecule has 34 heavy (non-hydrogen) atoms. The summed E-state index contributed by atoms with van der Waals surface area (Å²) >= 11 is 0. The molecule has 0 spiro atoms. The summed E-state index contributed by atoms with van der Waals surface area (Å²) in [5.41, 5.74) is 2.00. The van der Waals surface area contributed by atoms with Gasteiger partial charge >= 0.3 is 0 Å². The number of ketones is 1. The standard InChI is InChI=1S/C26H35N5O3.H2/c1-6-20(7-2)34-24-11-10-23-28-30(25(27)31(23)29-24)15-22(32)18-12-19(26(3,4)5)14-21(13-18)33-16-17-8-9-17;/h10-14,17,20,27H,6-9,15-16H2,1-5H3;1H. The van der Waals surface area contributed by atoms with Crippen LogP contribution in [-0.4, -0.2) is 37.9 Å². The van der Waals surface area contributed by atoms with Gasteiger partial charge < -0.3 is 9.47 Å². The molecule has 0 saturated heterocycles. The third-order valence-electron chi connectivity index (χ3n) is 6.23. The Hall–Kier alpha value is -3.16. The highest BCUT2D eigenvalue weighted by molar-refractivity contribution is 5.96. The van der Waals surface area contributed by atoms with E-state index in [1.165, 1.54) is 22.0 Å². The number of nitrogens with one attached hydrogen (secondary N) is 1. The minimum atomic E-state index is -0.127. The van der Waals surface area contributed by atoms with Crippen molar-refractivity contribution in [2.45, 2.75) is 78.4 Å². The molecule has 0 amide bonds. The van der Waals surface area contributed by atoms with E-state index in [-0.39, 0.29) is 30.9 Å². The summed E-state index contributed by atoms with van der Waals surface area (Å²) in [4.78, 5) is 13.3. The van der Waals surface area contributed by atoms with Crippen LogP contribution in [0.3, 0.4) is 0 Å². The second-order valence-electron chi connectivity index (χ2n) is 10.2. The number of carbonyl (C=O) groups is 1. The van der Waals surface area contributed by atoms with Crippen molar-refractivity contribution in [1.82, 2.24) is 19.4 Å². The molecule has 0 aliphatic heterocycles. The van der Waals surface area contributed by atoms with Gasteiger partial charge in [0.15, 0.2) is 11.4 Å². The van der Waals surface area contributed by atoms with E-state index < -0.39 is 0 Å². The van der Waals surface area contributed by atoms with Gasteiger partial charge in [0, 0.05) is 13.1 Å². The van der Waals surface area contributed by atoms with Crippen molar-refractivity contribution in [3.8, 4) is 11.6 Å². The molecule has 1 aromatic carbocycles. The summed E-state index contributed by atoms with van der Waals surface area (Å²) in [6.07, 6.45) is 4.24. The van der Waals surface area contributed by atoms with Gasteiger partial charge in [0.25, 0.3) is 0 Å². The summed E-state index contributed by atoms with van der Waals surface area (Å²) in [6.45, 7) is 11.1. The van der Waals surface area contributed by atoms with Crippen molar-refractivity contribution in [2.24, 2.45) is 5.92 Å². The monoisotopic (exact) mass is 467 g/mol. The predicted octanol–water partition coefficient (Wildman–Crippen LogP) is 4.79. The Kier molecular flexibility index (Phi) is 6.77. The molecule has 0 bridgehead atoms.